The molecule has 0 unspecified atom stereocenters. The Morgan fingerprint density at radius 3 is 2.39 bits per heavy atom. The van der Waals surface area contributed by atoms with E-state index in [-0.39, 0.29) is 18.0 Å². The molecule has 3 rings (SSSR count). The summed E-state index contributed by atoms with van der Waals surface area (Å²) in [5.41, 5.74) is 1.21. The summed E-state index contributed by atoms with van der Waals surface area (Å²) in [4.78, 5) is 2.50. The molecular formula is C19H29FN2O. The maximum absolute atomic E-state index is 12.9. The lowest BCUT2D eigenvalue weighted by atomic mass is 9.94. The van der Waals surface area contributed by atoms with Crippen LogP contribution in [0.25, 0.3) is 0 Å². The molecule has 0 amide bonds. The maximum Gasteiger partial charge on any atom is 0.123 e. The minimum Gasteiger partial charge on any atom is -0.394 e. The molecule has 1 aromatic rings. The van der Waals surface area contributed by atoms with E-state index in [0.717, 1.165) is 51.7 Å². The molecule has 0 aromatic heterocycles. The lowest BCUT2D eigenvalue weighted by Gasteiger charge is -2.38. The fourth-order valence-corrected chi connectivity index (χ4v) is 4.07. The van der Waals surface area contributed by atoms with Gasteiger partial charge in [-0.25, -0.2) is 4.39 Å². The first-order valence-electron chi connectivity index (χ1n) is 9.04. The SMILES string of the molecule is OCC1(NC2CCN(CCc3ccc(F)cc3)CC2)CCCC1. The van der Waals surface area contributed by atoms with Gasteiger partial charge in [0, 0.05) is 18.1 Å². The summed E-state index contributed by atoms with van der Waals surface area (Å²) < 4.78 is 12.9. The molecule has 0 spiro atoms. The third-order valence-corrected chi connectivity index (χ3v) is 5.59. The largest absolute Gasteiger partial charge is 0.394 e. The molecule has 2 aliphatic rings. The van der Waals surface area contributed by atoms with Crippen molar-refractivity contribution in [3.63, 3.8) is 0 Å². The molecule has 4 heteroatoms. The monoisotopic (exact) mass is 320 g/mol. The number of aliphatic hydroxyl groups excluding tert-OH is 1. The Morgan fingerprint density at radius 2 is 1.78 bits per heavy atom. The lowest BCUT2D eigenvalue weighted by Crippen LogP contribution is -2.54. The Hall–Kier alpha value is -0.970. The van der Waals surface area contributed by atoms with Crippen LogP contribution < -0.4 is 5.32 Å². The molecule has 23 heavy (non-hydrogen) atoms. The number of likely N-dealkylation sites (tertiary alicyclic amines) is 1. The third-order valence-electron chi connectivity index (χ3n) is 5.59. The zero-order chi connectivity index (χ0) is 16.1. The van der Waals surface area contributed by atoms with Gasteiger partial charge in [-0.1, -0.05) is 25.0 Å². The second kappa shape index (κ2) is 7.73. The smallest absolute Gasteiger partial charge is 0.123 e. The second-order valence-corrected chi connectivity index (χ2v) is 7.28. The van der Waals surface area contributed by atoms with Crippen LogP contribution >= 0.6 is 0 Å². The van der Waals surface area contributed by atoms with Gasteiger partial charge in [-0.2, -0.15) is 0 Å². The molecule has 128 valence electrons. The number of hydrogen-bond donors (Lipinski definition) is 2. The van der Waals surface area contributed by atoms with Gasteiger partial charge in [0.15, 0.2) is 0 Å². The molecule has 3 nitrogen and oxygen atoms in total. The van der Waals surface area contributed by atoms with E-state index in [0.29, 0.717) is 6.04 Å². The zero-order valence-electron chi connectivity index (χ0n) is 13.9. The van der Waals surface area contributed by atoms with E-state index in [4.69, 9.17) is 0 Å². The van der Waals surface area contributed by atoms with E-state index in [1.54, 1.807) is 12.1 Å². The van der Waals surface area contributed by atoms with Crippen molar-refractivity contribution in [1.82, 2.24) is 10.2 Å². The van der Waals surface area contributed by atoms with E-state index in [1.807, 2.05) is 12.1 Å². The number of benzene rings is 1. The number of halogens is 1. The van der Waals surface area contributed by atoms with Crippen molar-refractivity contribution in [3.05, 3.63) is 35.6 Å². The van der Waals surface area contributed by atoms with Crippen LogP contribution in [0.4, 0.5) is 4.39 Å². The highest BCUT2D eigenvalue weighted by Gasteiger charge is 2.35. The van der Waals surface area contributed by atoms with Gasteiger partial charge in [-0.3, -0.25) is 0 Å². The highest BCUT2D eigenvalue weighted by Crippen LogP contribution is 2.30. The van der Waals surface area contributed by atoms with Gasteiger partial charge >= 0.3 is 0 Å². The van der Waals surface area contributed by atoms with Crippen molar-refractivity contribution in [3.8, 4) is 0 Å². The molecule has 1 aromatic carbocycles. The summed E-state index contributed by atoms with van der Waals surface area (Å²) in [7, 11) is 0. The van der Waals surface area contributed by atoms with E-state index < -0.39 is 0 Å². The number of nitrogens with one attached hydrogen (secondary N) is 1. The molecule has 0 radical (unpaired) electrons. The first kappa shape index (κ1) is 16.9. The molecule has 1 heterocycles. The van der Waals surface area contributed by atoms with Crippen molar-refractivity contribution in [2.24, 2.45) is 0 Å². The van der Waals surface area contributed by atoms with Crippen LogP contribution in [0.2, 0.25) is 0 Å². The average molecular weight is 320 g/mol. The highest BCUT2D eigenvalue weighted by molar-refractivity contribution is 5.16. The Bertz CT molecular complexity index is 477. The fraction of sp³-hybridized carbons (Fsp3) is 0.684. The van der Waals surface area contributed by atoms with E-state index >= 15 is 0 Å². The topological polar surface area (TPSA) is 35.5 Å². The number of piperidine rings is 1. The Labute approximate surface area is 138 Å². The van der Waals surface area contributed by atoms with E-state index in [1.165, 1.54) is 18.4 Å². The molecular weight excluding hydrogens is 291 g/mol. The van der Waals surface area contributed by atoms with Gasteiger partial charge in [0.25, 0.3) is 0 Å². The third kappa shape index (κ3) is 4.52. The Kier molecular flexibility index (Phi) is 5.67. The van der Waals surface area contributed by atoms with Crippen LogP contribution in [0.15, 0.2) is 24.3 Å². The quantitative estimate of drug-likeness (QED) is 0.846. The molecule has 1 saturated heterocycles. The van der Waals surface area contributed by atoms with Gasteiger partial charge in [0.2, 0.25) is 0 Å². The van der Waals surface area contributed by atoms with Gasteiger partial charge in [0.1, 0.15) is 5.82 Å². The van der Waals surface area contributed by atoms with Crippen LogP contribution in [0.1, 0.15) is 44.1 Å². The lowest BCUT2D eigenvalue weighted by molar-refractivity contribution is 0.122. The van der Waals surface area contributed by atoms with Crippen molar-refractivity contribution < 1.29 is 9.50 Å². The number of rotatable bonds is 6. The summed E-state index contributed by atoms with van der Waals surface area (Å²) in [6.07, 6.45) is 8.02. The summed E-state index contributed by atoms with van der Waals surface area (Å²) in [5, 5.41) is 13.5. The van der Waals surface area contributed by atoms with Crippen LogP contribution in [0.5, 0.6) is 0 Å². The minimum atomic E-state index is -0.162. The standard InChI is InChI=1S/C19H29FN2O/c20-17-5-3-16(4-6-17)7-12-22-13-8-18(9-14-22)21-19(15-23)10-1-2-11-19/h3-6,18,21,23H,1-2,7-15H2. The summed E-state index contributed by atoms with van der Waals surface area (Å²) in [6.45, 7) is 3.54. The second-order valence-electron chi connectivity index (χ2n) is 7.28. The van der Waals surface area contributed by atoms with Crippen molar-refractivity contribution >= 4 is 0 Å². The van der Waals surface area contributed by atoms with Gasteiger partial charge < -0.3 is 15.3 Å². The van der Waals surface area contributed by atoms with Crippen LogP contribution in [0.3, 0.4) is 0 Å². The van der Waals surface area contributed by atoms with Gasteiger partial charge in [-0.15, -0.1) is 0 Å². The molecule has 0 atom stereocenters. The average Bonchev–Trinajstić information content (AvgIpc) is 3.05. The number of aliphatic hydroxyl groups is 1. The van der Waals surface area contributed by atoms with Gasteiger partial charge in [-0.05, 0) is 62.9 Å². The minimum absolute atomic E-state index is 0.000941. The van der Waals surface area contributed by atoms with E-state index in [9.17, 15) is 9.50 Å². The first-order chi connectivity index (χ1) is 11.2. The van der Waals surface area contributed by atoms with Crippen LogP contribution in [0, 0.1) is 5.82 Å². The summed E-state index contributed by atoms with van der Waals surface area (Å²) in [6, 6.07) is 7.40. The van der Waals surface area contributed by atoms with Gasteiger partial charge in [0.05, 0.1) is 6.61 Å². The Morgan fingerprint density at radius 1 is 1.13 bits per heavy atom. The van der Waals surface area contributed by atoms with Crippen molar-refractivity contribution in [2.45, 2.75) is 56.5 Å². The Balaban J connectivity index is 1.40. The molecule has 0 bridgehead atoms. The van der Waals surface area contributed by atoms with Crippen molar-refractivity contribution in [1.29, 1.82) is 0 Å². The molecule has 1 aliphatic carbocycles. The molecule has 2 fully saturated rings. The predicted molar refractivity (Wildman–Crippen MR) is 91.0 cm³/mol. The van der Waals surface area contributed by atoms with Crippen LogP contribution in [-0.4, -0.2) is 47.8 Å². The predicted octanol–water partition coefficient (Wildman–Crippen LogP) is 2.73. The normalized spacial score (nSPS) is 22.5. The summed E-state index contributed by atoms with van der Waals surface area (Å²) >= 11 is 0. The highest BCUT2D eigenvalue weighted by atomic mass is 19.1. The summed E-state index contributed by atoms with van der Waals surface area (Å²) in [5.74, 6) is -0.162. The first-order valence-corrected chi connectivity index (χ1v) is 9.04. The maximum atomic E-state index is 12.9. The fourth-order valence-electron chi connectivity index (χ4n) is 4.07. The molecule has 2 N–H and O–H groups in total. The molecule has 1 aliphatic heterocycles. The number of hydrogen-bond acceptors (Lipinski definition) is 3. The zero-order valence-corrected chi connectivity index (χ0v) is 13.9. The van der Waals surface area contributed by atoms with Crippen molar-refractivity contribution in [2.75, 3.05) is 26.2 Å². The number of nitrogens with zero attached hydrogens (tertiary/aromatic N) is 1. The van der Waals surface area contributed by atoms with E-state index in [2.05, 4.69) is 10.2 Å². The molecule has 1 saturated carbocycles. The van der Waals surface area contributed by atoms with Crippen LogP contribution in [-0.2, 0) is 6.42 Å².